The lowest BCUT2D eigenvalue weighted by Gasteiger charge is -2.50. The fourth-order valence-corrected chi connectivity index (χ4v) is 5.81. The molecule has 164 valence electrons. The molecule has 2 heterocycles. The SMILES string of the molecule is CSC(=O)Nc1cc2c3c(c1)[C@@](C)(c1ccccc1)CCN3CC[C@@]2(C)c1ccccc1. The molecule has 0 spiro atoms. The van der Waals surface area contributed by atoms with Crippen LogP contribution in [0.25, 0.3) is 0 Å². The van der Waals surface area contributed by atoms with Gasteiger partial charge in [-0.15, -0.1) is 0 Å². The number of hydrogen-bond donors (Lipinski definition) is 1. The van der Waals surface area contributed by atoms with E-state index in [9.17, 15) is 4.79 Å². The third kappa shape index (κ3) is 3.32. The van der Waals surface area contributed by atoms with E-state index in [1.54, 1.807) is 0 Å². The van der Waals surface area contributed by atoms with Gasteiger partial charge in [0.1, 0.15) is 0 Å². The second-order valence-electron chi connectivity index (χ2n) is 9.42. The van der Waals surface area contributed by atoms with Crippen LogP contribution in [0.2, 0.25) is 0 Å². The van der Waals surface area contributed by atoms with Gasteiger partial charge < -0.3 is 10.2 Å². The van der Waals surface area contributed by atoms with Gasteiger partial charge in [0.05, 0.1) is 0 Å². The molecule has 0 saturated heterocycles. The number of hydrogen-bond acceptors (Lipinski definition) is 3. The molecule has 2 atom stereocenters. The van der Waals surface area contributed by atoms with Crippen molar-refractivity contribution in [3.63, 3.8) is 0 Å². The molecule has 1 amide bonds. The molecule has 0 saturated carbocycles. The van der Waals surface area contributed by atoms with E-state index in [1.807, 2.05) is 6.26 Å². The Labute approximate surface area is 195 Å². The molecule has 0 fully saturated rings. The van der Waals surface area contributed by atoms with Crippen molar-refractivity contribution in [1.82, 2.24) is 0 Å². The number of nitrogens with one attached hydrogen (secondary N) is 1. The number of benzene rings is 3. The van der Waals surface area contributed by atoms with Gasteiger partial charge in [0.25, 0.3) is 5.24 Å². The van der Waals surface area contributed by atoms with Crippen molar-refractivity contribution in [2.75, 3.05) is 29.6 Å². The number of carbonyl (C=O) groups is 1. The smallest absolute Gasteiger partial charge is 0.283 e. The Morgan fingerprint density at radius 3 is 1.75 bits per heavy atom. The predicted molar refractivity (Wildman–Crippen MR) is 136 cm³/mol. The molecule has 3 aromatic rings. The minimum atomic E-state index is -0.100. The standard InChI is InChI=1S/C28H30N2OS/c1-27(20-10-6-4-7-11-20)14-16-30-17-15-28(2,21-12-8-5-9-13-21)24-19-22(29-26(31)32-3)18-23(27)25(24)30/h4-13,18-19H,14-17H2,1-3H3,(H,29,31)/t27-,28+. The van der Waals surface area contributed by atoms with Gasteiger partial charge in [0.15, 0.2) is 0 Å². The Bertz CT molecular complexity index is 1070. The highest BCUT2D eigenvalue weighted by atomic mass is 32.2. The molecule has 3 nitrogen and oxygen atoms in total. The molecule has 0 bridgehead atoms. The molecule has 5 rings (SSSR count). The maximum absolute atomic E-state index is 12.3. The van der Waals surface area contributed by atoms with Crippen molar-refractivity contribution in [2.45, 2.75) is 37.5 Å². The monoisotopic (exact) mass is 442 g/mol. The van der Waals surface area contributed by atoms with Gasteiger partial charge in [-0.05, 0) is 53.5 Å². The van der Waals surface area contributed by atoms with Crippen LogP contribution in [-0.2, 0) is 10.8 Å². The molecule has 3 aromatic carbocycles. The van der Waals surface area contributed by atoms with Gasteiger partial charge in [-0.2, -0.15) is 0 Å². The first-order valence-corrected chi connectivity index (χ1v) is 12.6. The lowest BCUT2D eigenvalue weighted by Crippen LogP contribution is -2.47. The van der Waals surface area contributed by atoms with Crippen LogP contribution in [0.5, 0.6) is 0 Å². The van der Waals surface area contributed by atoms with Gasteiger partial charge in [0, 0.05) is 35.3 Å². The normalized spacial score (nSPS) is 24.0. The third-order valence-corrected chi connectivity index (χ3v) is 8.11. The van der Waals surface area contributed by atoms with Gasteiger partial charge in [-0.25, -0.2) is 0 Å². The molecule has 0 aliphatic carbocycles. The Kier molecular flexibility index (Phi) is 5.29. The minimum absolute atomic E-state index is 0.0246. The second kappa shape index (κ2) is 8.00. The number of rotatable bonds is 3. The van der Waals surface area contributed by atoms with Gasteiger partial charge in [-0.1, -0.05) is 86.3 Å². The fraction of sp³-hybridized carbons (Fsp3) is 0.321. The van der Waals surface area contributed by atoms with E-state index in [0.717, 1.165) is 31.6 Å². The minimum Gasteiger partial charge on any atom is -0.371 e. The molecule has 0 radical (unpaired) electrons. The Morgan fingerprint density at radius 2 is 1.31 bits per heavy atom. The first-order chi connectivity index (χ1) is 15.5. The molecule has 2 aliphatic rings. The highest BCUT2D eigenvalue weighted by Gasteiger charge is 2.44. The summed E-state index contributed by atoms with van der Waals surface area (Å²) in [5.74, 6) is 0. The molecular formula is C28H30N2OS. The molecule has 2 aliphatic heterocycles. The number of thioether (sulfide) groups is 1. The molecule has 4 heteroatoms. The van der Waals surface area contributed by atoms with Crippen LogP contribution in [0, 0.1) is 0 Å². The maximum atomic E-state index is 12.3. The van der Waals surface area contributed by atoms with Crippen molar-refractivity contribution < 1.29 is 4.79 Å². The van der Waals surface area contributed by atoms with Crippen LogP contribution >= 0.6 is 11.8 Å². The van der Waals surface area contributed by atoms with Crippen molar-refractivity contribution in [3.8, 4) is 0 Å². The highest BCUT2D eigenvalue weighted by molar-refractivity contribution is 8.13. The van der Waals surface area contributed by atoms with Crippen LogP contribution < -0.4 is 10.2 Å². The lowest BCUT2D eigenvalue weighted by molar-refractivity contribution is 0.270. The third-order valence-electron chi connectivity index (χ3n) is 7.63. The Morgan fingerprint density at radius 1 is 0.844 bits per heavy atom. The number of nitrogens with zero attached hydrogens (tertiary/aromatic N) is 1. The summed E-state index contributed by atoms with van der Waals surface area (Å²) in [6.07, 6.45) is 3.94. The van der Waals surface area contributed by atoms with Gasteiger partial charge >= 0.3 is 0 Å². The Balaban J connectivity index is 1.77. The summed E-state index contributed by atoms with van der Waals surface area (Å²) < 4.78 is 0. The maximum Gasteiger partial charge on any atom is 0.283 e. The summed E-state index contributed by atoms with van der Waals surface area (Å²) >= 11 is 1.22. The van der Waals surface area contributed by atoms with E-state index in [4.69, 9.17) is 0 Å². The highest BCUT2D eigenvalue weighted by Crippen LogP contribution is 2.54. The summed E-state index contributed by atoms with van der Waals surface area (Å²) in [6, 6.07) is 26.1. The zero-order chi connectivity index (χ0) is 22.3. The number of amides is 1. The Hall–Kier alpha value is -2.72. The summed E-state index contributed by atoms with van der Waals surface area (Å²) in [6.45, 7) is 6.83. The first-order valence-electron chi connectivity index (χ1n) is 11.4. The zero-order valence-corrected chi connectivity index (χ0v) is 19.8. The molecular weight excluding hydrogens is 412 g/mol. The van der Waals surface area contributed by atoms with E-state index in [1.165, 1.54) is 39.7 Å². The second-order valence-corrected chi connectivity index (χ2v) is 10.2. The van der Waals surface area contributed by atoms with Crippen LogP contribution in [0.15, 0.2) is 72.8 Å². The molecule has 0 aromatic heterocycles. The number of anilines is 2. The van der Waals surface area contributed by atoms with Crippen LogP contribution in [-0.4, -0.2) is 24.6 Å². The van der Waals surface area contributed by atoms with E-state index in [2.05, 4.69) is 96.9 Å². The topological polar surface area (TPSA) is 32.3 Å². The zero-order valence-electron chi connectivity index (χ0n) is 19.0. The van der Waals surface area contributed by atoms with E-state index >= 15 is 0 Å². The summed E-state index contributed by atoms with van der Waals surface area (Å²) in [5.41, 5.74) is 7.38. The molecule has 0 unspecified atom stereocenters. The predicted octanol–water partition coefficient (Wildman–Crippen LogP) is 6.81. The average molecular weight is 443 g/mol. The number of carbonyl (C=O) groups excluding carboxylic acids is 1. The van der Waals surface area contributed by atoms with Crippen LogP contribution in [0.1, 0.15) is 48.9 Å². The average Bonchev–Trinajstić information content (AvgIpc) is 2.84. The van der Waals surface area contributed by atoms with Crippen LogP contribution in [0.3, 0.4) is 0 Å². The molecule has 32 heavy (non-hydrogen) atoms. The fourth-order valence-electron chi connectivity index (χ4n) is 5.59. The summed E-state index contributed by atoms with van der Waals surface area (Å²) in [5, 5.41) is 3.11. The van der Waals surface area contributed by atoms with Crippen molar-refractivity contribution >= 4 is 28.4 Å². The summed E-state index contributed by atoms with van der Waals surface area (Å²) in [4.78, 5) is 14.9. The van der Waals surface area contributed by atoms with Crippen LogP contribution in [0.4, 0.5) is 16.2 Å². The van der Waals surface area contributed by atoms with Crippen molar-refractivity contribution in [2.24, 2.45) is 0 Å². The quantitative estimate of drug-likeness (QED) is 0.484. The van der Waals surface area contributed by atoms with E-state index < -0.39 is 0 Å². The van der Waals surface area contributed by atoms with Crippen molar-refractivity contribution in [3.05, 3.63) is 95.1 Å². The summed E-state index contributed by atoms with van der Waals surface area (Å²) in [7, 11) is 0. The van der Waals surface area contributed by atoms with Gasteiger partial charge in [0.2, 0.25) is 0 Å². The van der Waals surface area contributed by atoms with E-state index in [-0.39, 0.29) is 16.1 Å². The van der Waals surface area contributed by atoms with Gasteiger partial charge in [-0.3, -0.25) is 4.79 Å². The molecule has 1 N–H and O–H groups in total. The largest absolute Gasteiger partial charge is 0.371 e. The first kappa shape index (κ1) is 21.1. The lowest BCUT2D eigenvalue weighted by atomic mass is 9.64. The van der Waals surface area contributed by atoms with E-state index in [0.29, 0.717) is 0 Å². The van der Waals surface area contributed by atoms with Crippen molar-refractivity contribution in [1.29, 1.82) is 0 Å².